The van der Waals surface area contributed by atoms with E-state index >= 15 is 4.39 Å². The Labute approximate surface area is 214 Å². The van der Waals surface area contributed by atoms with Gasteiger partial charge in [-0.2, -0.15) is 5.26 Å². The van der Waals surface area contributed by atoms with Crippen LogP contribution in [0.25, 0.3) is 10.8 Å². The lowest BCUT2D eigenvalue weighted by molar-refractivity contribution is 0.551. The van der Waals surface area contributed by atoms with Gasteiger partial charge in [-0.05, 0) is 97.4 Å². The fourth-order valence-electron chi connectivity index (χ4n) is 4.54. The fourth-order valence-corrected chi connectivity index (χ4v) is 4.54. The molecule has 0 saturated carbocycles. The van der Waals surface area contributed by atoms with Crippen LogP contribution in [0.4, 0.5) is 17.6 Å². The first-order valence-corrected chi connectivity index (χ1v) is 12.4. The van der Waals surface area contributed by atoms with E-state index in [9.17, 15) is 13.2 Å². The number of benzene rings is 4. The molecule has 188 valence electrons. The molecule has 4 aromatic rings. The Balaban J connectivity index is 1.44. The molecule has 0 fully saturated rings. The molecule has 0 aliphatic carbocycles. The fraction of sp³-hybridized carbons (Fsp3) is 0.219. The maximum absolute atomic E-state index is 15.2. The van der Waals surface area contributed by atoms with Crippen molar-refractivity contribution in [3.8, 4) is 6.07 Å². The Bertz CT molecular complexity index is 1470. The van der Waals surface area contributed by atoms with Crippen LogP contribution >= 0.6 is 0 Å². The van der Waals surface area contributed by atoms with Gasteiger partial charge in [-0.25, -0.2) is 17.6 Å². The van der Waals surface area contributed by atoms with Crippen LogP contribution in [-0.4, -0.2) is 0 Å². The van der Waals surface area contributed by atoms with E-state index in [2.05, 4.69) is 0 Å². The first-order valence-electron chi connectivity index (χ1n) is 12.4. The largest absolute Gasteiger partial charge is 0.207 e. The number of fused-ring (bicyclic) bond motifs is 1. The molecule has 0 spiro atoms. The SMILES string of the molecule is C/C=C/CCc1cc(F)c(CCc2ccc3c(F)c(CCc4ccc(C#N)c(F)c4)ccc3c2)c(F)c1. The van der Waals surface area contributed by atoms with Gasteiger partial charge in [0, 0.05) is 10.9 Å². The van der Waals surface area contributed by atoms with E-state index < -0.39 is 17.5 Å². The summed E-state index contributed by atoms with van der Waals surface area (Å²) in [6.07, 6.45) is 6.66. The third kappa shape index (κ3) is 6.27. The predicted octanol–water partition coefficient (Wildman–Crippen LogP) is 8.35. The summed E-state index contributed by atoms with van der Waals surface area (Å²) < 4.78 is 58.2. The van der Waals surface area contributed by atoms with E-state index in [4.69, 9.17) is 5.26 Å². The van der Waals surface area contributed by atoms with E-state index in [-0.39, 0.29) is 23.4 Å². The summed E-state index contributed by atoms with van der Waals surface area (Å²) in [6.45, 7) is 1.91. The molecule has 4 rings (SSSR count). The first-order chi connectivity index (χ1) is 17.9. The molecule has 0 atom stereocenters. The Morgan fingerprint density at radius 1 is 0.703 bits per heavy atom. The number of nitriles is 1. The van der Waals surface area contributed by atoms with Crippen LogP contribution in [0, 0.1) is 34.6 Å². The van der Waals surface area contributed by atoms with E-state index in [1.807, 2.05) is 31.2 Å². The topological polar surface area (TPSA) is 23.8 Å². The summed E-state index contributed by atoms with van der Waals surface area (Å²) in [4.78, 5) is 0. The lowest BCUT2D eigenvalue weighted by Crippen LogP contribution is -2.01. The van der Waals surface area contributed by atoms with Crippen LogP contribution in [0.1, 0.15) is 46.7 Å². The lowest BCUT2D eigenvalue weighted by Gasteiger charge is -2.10. The average Bonchev–Trinajstić information content (AvgIpc) is 2.88. The van der Waals surface area contributed by atoms with E-state index in [1.54, 1.807) is 30.3 Å². The third-order valence-corrected chi connectivity index (χ3v) is 6.64. The molecule has 5 heteroatoms. The Kier molecular flexibility index (Phi) is 8.40. The zero-order chi connectivity index (χ0) is 26.4. The Hall–Kier alpha value is -3.91. The van der Waals surface area contributed by atoms with Crippen LogP contribution in [-0.2, 0) is 32.1 Å². The molecule has 0 bridgehead atoms. The predicted molar refractivity (Wildman–Crippen MR) is 139 cm³/mol. The second kappa shape index (κ2) is 11.9. The highest BCUT2D eigenvalue weighted by atomic mass is 19.1. The molecule has 0 amide bonds. The van der Waals surface area contributed by atoms with Crippen LogP contribution < -0.4 is 0 Å². The Morgan fingerprint density at radius 2 is 1.38 bits per heavy atom. The van der Waals surface area contributed by atoms with Gasteiger partial charge in [-0.15, -0.1) is 0 Å². The smallest absolute Gasteiger partial charge is 0.141 e. The summed E-state index contributed by atoms with van der Waals surface area (Å²) in [6, 6.07) is 17.9. The van der Waals surface area contributed by atoms with Gasteiger partial charge >= 0.3 is 0 Å². The van der Waals surface area contributed by atoms with Crippen molar-refractivity contribution in [2.24, 2.45) is 0 Å². The van der Waals surface area contributed by atoms with Crippen LogP contribution in [0.2, 0.25) is 0 Å². The molecule has 0 N–H and O–H groups in total. The van der Waals surface area contributed by atoms with Crippen LogP contribution in [0.3, 0.4) is 0 Å². The molecular formula is C32H27F4N. The molecule has 0 heterocycles. The molecular weight excluding hydrogens is 474 g/mol. The minimum atomic E-state index is -0.577. The minimum Gasteiger partial charge on any atom is -0.207 e. The van der Waals surface area contributed by atoms with Crippen molar-refractivity contribution in [2.75, 3.05) is 0 Å². The van der Waals surface area contributed by atoms with Gasteiger partial charge < -0.3 is 0 Å². The van der Waals surface area contributed by atoms with Crippen molar-refractivity contribution < 1.29 is 17.6 Å². The van der Waals surface area contributed by atoms with Gasteiger partial charge in [-0.1, -0.05) is 48.6 Å². The highest BCUT2D eigenvalue weighted by Gasteiger charge is 2.13. The summed E-state index contributed by atoms with van der Waals surface area (Å²) in [5.74, 6) is -1.97. The van der Waals surface area contributed by atoms with Gasteiger partial charge in [0.25, 0.3) is 0 Å². The van der Waals surface area contributed by atoms with Crippen molar-refractivity contribution in [1.29, 1.82) is 5.26 Å². The van der Waals surface area contributed by atoms with E-state index in [0.717, 1.165) is 12.0 Å². The van der Waals surface area contributed by atoms with Crippen molar-refractivity contribution in [2.45, 2.75) is 45.4 Å². The number of rotatable bonds is 9. The van der Waals surface area contributed by atoms with Gasteiger partial charge in [0.05, 0.1) is 5.56 Å². The van der Waals surface area contributed by atoms with Gasteiger partial charge in [-0.3, -0.25) is 0 Å². The lowest BCUT2D eigenvalue weighted by atomic mass is 9.96. The monoisotopic (exact) mass is 501 g/mol. The maximum Gasteiger partial charge on any atom is 0.141 e. The molecule has 37 heavy (non-hydrogen) atoms. The number of hydrogen-bond donors (Lipinski definition) is 0. The zero-order valence-corrected chi connectivity index (χ0v) is 20.6. The van der Waals surface area contributed by atoms with Crippen molar-refractivity contribution in [1.82, 2.24) is 0 Å². The first kappa shape index (κ1) is 26.2. The molecule has 4 aromatic carbocycles. The summed E-state index contributed by atoms with van der Waals surface area (Å²) in [5.41, 5.74) is 2.76. The highest BCUT2D eigenvalue weighted by Crippen LogP contribution is 2.25. The van der Waals surface area contributed by atoms with Gasteiger partial charge in [0.15, 0.2) is 0 Å². The Morgan fingerprint density at radius 3 is 2.08 bits per heavy atom. The quantitative estimate of drug-likeness (QED) is 0.167. The van der Waals surface area contributed by atoms with Gasteiger partial charge in [0.1, 0.15) is 29.3 Å². The van der Waals surface area contributed by atoms with E-state index in [0.29, 0.717) is 53.1 Å². The second-order valence-electron chi connectivity index (χ2n) is 9.17. The number of halogens is 4. The van der Waals surface area contributed by atoms with Crippen LogP contribution in [0.15, 0.2) is 72.8 Å². The number of nitrogens with zero attached hydrogens (tertiary/aromatic N) is 1. The molecule has 0 radical (unpaired) electrons. The molecule has 0 unspecified atom stereocenters. The number of aryl methyl sites for hydroxylation is 4. The van der Waals surface area contributed by atoms with Crippen molar-refractivity contribution in [3.05, 3.63) is 129 Å². The number of allylic oxidation sites excluding steroid dienone is 2. The molecule has 0 aliphatic heterocycles. The zero-order valence-electron chi connectivity index (χ0n) is 20.6. The number of hydrogen-bond acceptors (Lipinski definition) is 1. The third-order valence-electron chi connectivity index (χ3n) is 6.64. The van der Waals surface area contributed by atoms with Crippen molar-refractivity contribution >= 4 is 10.8 Å². The maximum atomic E-state index is 15.2. The normalized spacial score (nSPS) is 11.4. The molecule has 0 aliphatic rings. The molecule has 0 saturated heterocycles. The van der Waals surface area contributed by atoms with Crippen molar-refractivity contribution in [3.63, 3.8) is 0 Å². The summed E-state index contributed by atoms with van der Waals surface area (Å²) >= 11 is 0. The van der Waals surface area contributed by atoms with E-state index in [1.165, 1.54) is 24.3 Å². The summed E-state index contributed by atoms with van der Waals surface area (Å²) in [7, 11) is 0. The standard InChI is InChI=1S/C32H27F4N/c1-2-3-4-5-23-18-30(34)28(31(35)19-23)15-9-21-8-14-27-25(16-21)13-12-24(32(27)36)10-6-22-7-11-26(20-37)29(33)17-22/h2-3,7-8,11-14,16-19H,4-6,9-10,15H2,1H3/b3-2+. The minimum absolute atomic E-state index is 0.0148. The molecule has 1 nitrogen and oxygen atoms in total. The summed E-state index contributed by atoms with van der Waals surface area (Å²) in [5, 5.41) is 10.0. The molecule has 0 aromatic heterocycles. The van der Waals surface area contributed by atoms with Gasteiger partial charge in [0.2, 0.25) is 0 Å². The second-order valence-corrected chi connectivity index (χ2v) is 9.17. The average molecular weight is 502 g/mol. The van der Waals surface area contributed by atoms with Crippen LogP contribution in [0.5, 0.6) is 0 Å². The highest BCUT2D eigenvalue weighted by molar-refractivity contribution is 5.84.